The molecule has 0 aromatic heterocycles. The predicted octanol–water partition coefficient (Wildman–Crippen LogP) is 1.69. The number of carbonyl (C=O) groups excluding carboxylic acids is 1. The molecule has 104 valence electrons. The molecule has 0 fully saturated rings. The Balaban J connectivity index is 2.49. The Morgan fingerprint density at radius 3 is 2.37 bits per heavy atom. The lowest BCUT2D eigenvalue weighted by atomic mass is 10.1. The molecule has 1 aromatic rings. The van der Waals surface area contributed by atoms with Gasteiger partial charge in [0.2, 0.25) is 0 Å². The SMILES string of the molecule is CCN(CC(=O)O)C(=O)N(C)CCc1ccccc1. The van der Waals surface area contributed by atoms with Crippen molar-refractivity contribution in [2.75, 3.05) is 26.7 Å². The molecule has 1 N–H and O–H groups in total. The first-order valence-electron chi connectivity index (χ1n) is 6.30. The summed E-state index contributed by atoms with van der Waals surface area (Å²) in [6.45, 7) is 2.47. The highest BCUT2D eigenvalue weighted by Crippen LogP contribution is 2.03. The second kappa shape index (κ2) is 7.41. The van der Waals surface area contributed by atoms with Crippen LogP contribution in [0.5, 0.6) is 0 Å². The van der Waals surface area contributed by atoms with Crippen molar-refractivity contribution in [3.8, 4) is 0 Å². The van der Waals surface area contributed by atoms with Crippen LogP contribution < -0.4 is 0 Å². The minimum atomic E-state index is -0.994. The Kier molecular flexibility index (Phi) is 5.85. The fourth-order valence-corrected chi connectivity index (χ4v) is 1.76. The Bertz CT molecular complexity index is 420. The van der Waals surface area contributed by atoms with Crippen LogP contribution in [0.4, 0.5) is 4.79 Å². The Labute approximate surface area is 113 Å². The lowest BCUT2D eigenvalue weighted by molar-refractivity contribution is -0.137. The molecule has 0 bridgehead atoms. The quantitative estimate of drug-likeness (QED) is 0.850. The summed E-state index contributed by atoms with van der Waals surface area (Å²) >= 11 is 0. The third kappa shape index (κ3) is 4.99. The van der Waals surface area contributed by atoms with Crippen LogP contribution in [-0.2, 0) is 11.2 Å². The van der Waals surface area contributed by atoms with E-state index in [1.54, 1.807) is 18.9 Å². The van der Waals surface area contributed by atoms with Gasteiger partial charge in [-0.3, -0.25) is 4.79 Å². The number of urea groups is 1. The van der Waals surface area contributed by atoms with Crippen LogP contribution in [0.2, 0.25) is 0 Å². The number of carboxylic acid groups (broad SMARTS) is 1. The van der Waals surface area contributed by atoms with Crippen LogP contribution in [0.15, 0.2) is 30.3 Å². The average Bonchev–Trinajstić information content (AvgIpc) is 2.42. The van der Waals surface area contributed by atoms with E-state index in [2.05, 4.69) is 0 Å². The molecule has 0 saturated heterocycles. The van der Waals surface area contributed by atoms with Crippen LogP contribution in [0.3, 0.4) is 0 Å². The monoisotopic (exact) mass is 264 g/mol. The summed E-state index contributed by atoms with van der Waals surface area (Å²) in [5.41, 5.74) is 1.16. The van der Waals surface area contributed by atoms with Crippen LogP contribution in [-0.4, -0.2) is 53.6 Å². The third-order valence-electron chi connectivity index (χ3n) is 2.88. The molecule has 19 heavy (non-hydrogen) atoms. The van der Waals surface area contributed by atoms with Crippen molar-refractivity contribution in [3.63, 3.8) is 0 Å². The number of aliphatic carboxylic acids is 1. The van der Waals surface area contributed by atoms with Crippen LogP contribution in [0, 0.1) is 0 Å². The molecule has 0 unspecified atom stereocenters. The molecular formula is C14H20N2O3. The fraction of sp³-hybridized carbons (Fsp3) is 0.429. The lowest BCUT2D eigenvalue weighted by Gasteiger charge is -2.25. The summed E-state index contributed by atoms with van der Waals surface area (Å²) in [6, 6.07) is 9.63. The minimum Gasteiger partial charge on any atom is -0.480 e. The van der Waals surface area contributed by atoms with Gasteiger partial charge in [0.15, 0.2) is 0 Å². The molecule has 1 aromatic carbocycles. The van der Waals surface area contributed by atoms with E-state index in [0.717, 1.165) is 12.0 Å². The summed E-state index contributed by atoms with van der Waals surface area (Å²) in [7, 11) is 1.69. The number of carbonyl (C=O) groups is 2. The summed E-state index contributed by atoms with van der Waals surface area (Å²) < 4.78 is 0. The topological polar surface area (TPSA) is 60.9 Å². The van der Waals surface area contributed by atoms with Crippen LogP contribution in [0.25, 0.3) is 0 Å². The molecule has 0 radical (unpaired) electrons. The van der Waals surface area contributed by atoms with E-state index < -0.39 is 5.97 Å². The maximum absolute atomic E-state index is 12.0. The number of hydrogen-bond donors (Lipinski definition) is 1. The molecule has 2 amide bonds. The second-order valence-corrected chi connectivity index (χ2v) is 4.35. The molecule has 5 nitrogen and oxygen atoms in total. The average molecular weight is 264 g/mol. The summed E-state index contributed by atoms with van der Waals surface area (Å²) in [5, 5.41) is 8.74. The molecule has 0 aliphatic carbocycles. The molecular weight excluding hydrogens is 244 g/mol. The van der Waals surface area contributed by atoms with Crippen molar-refractivity contribution >= 4 is 12.0 Å². The van der Waals surface area contributed by atoms with E-state index in [9.17, 15) is 9.59 Å². The van der Waals surface area contributed by atoms with E-state index in [4.69, 9.17) is 5.11 Å². The van der Waals surface area contributed by atoms with Gasteiger partial charge in [-0.15, -0.1) is 0 Å². The number of likely N-dealkylation sites (N-methyl/N-ethyl adjacent to an activating group) is 2. The number of carboxylic acids is 1. The fourth-order valence-electron chi connectivity index (χ4n) is 1.76. The van der Waals surface area contributed by atoms with E-state index in [1.807, 2.05) is 30.3 Å². The van der Waals surface area contributed by atoms with Crippen molar-refractivity contribution < 1.29 is 14.7 Å². The smallest absolute Gasteiger partial charge is 0.323 e. The van der Waals surface area contributed by atoms with Crippen molar-refractivity contribution in [1.29, 1.82) is 0 Å². The lowest BCUT2D eigenvalue weighted by Crippen LogP contribution is -2.44. The highest BCUT2D eigenvalue weighted by molar-refractivity contribution is 5.80. The zero-order valence-corrected chi connectivity index (χ0v) is 11.4. The first-order chi connectivity index (χ1) is 9.04. The van der Waals surface area contributed by atoms with Crippen LogP contribution >= 0.6 is 0 Å². The Morgan fingerprint density at radius 1 is 1.21 bits per heavy atom. The van der Waals surface area contributed by atoms with Crippen LogP contribution in [0.1, 0.15) is 12.5 Å². The highest BCUT2D eigenvalue weighted by Gasteiger charge is 2.18. The number of rotatable bonds is 6. The molecule has 0 aliphatic heterocycles. The van der Waals surface area contributed by atoms with Crippen molar-refractivity contribution in [2.45, 2.75) is 13.3 Å². The zero-order valence-electron chi connectivity index (χ0n) is 11.4. The summed E-state index contributed by atoms with van der Waals surface area (Å²) in [4.78, 5) is 25.5. The minimum absolute atomic E-state index is 0.249. The number of hydrogen-bond acceptors (Lipinski definition) is 2. The molecule has 0 heterocycles. The normalized spacial score (nSPS) is 10.0. The molecule has 5 heteroatoms. The van der Waals surface area contributed by atoms with Gasteiger partial charge in [0.25, 0.3) is 0 Å². The highest BCUT2D eigenvalue weighted by atomic mass is 16.4. The van der Waals surface area contributed by atoms with Gasteiger partial charge in [-0.25, -0.2) is 4.79 Å². The Hall–Kier alpha value is -2.04. The molecule has 0 aliphatic rings. The van der Waals surface area contributed by atoms with E-state index in [-0.39, 0.29) is 12.6 Å². The number of amides is 2. The summed E-state index contributed by atoms with van der Waals surface area (Å²) in [5.74, 6) is -0.994. The third-order valence-corrected chi connectivity index (χ3v) is 2.88. The van der Waals surface area contributed by atoms with Gasteiger partial charge in [-0.2, -0.15) is 0 Å². The van der Waals surface area contributed by atoms with E-state index in [1.165, 1.54) is 4.90 Å². The van der Waals surface area contributed by atoms with Crippen molar-refractivity contribution in [1.82, 2.24) is 9.80 Å². The maximum atomic E-state index is 12.0. The number of nitrogens with zero attached hydrogens (tertiary/aromatic N) is 2. The number of benzene rings is 1. The summed E-state index contributed by atoms with van der Waals surface area (Å²) in [6.07, 6.45) is 0.758. The van der Waals surface area contributed by atoms with E-state index in [0.29, 0.717) is 13.1 Å². The van der Waals surface area contributed by atoms with Gasteiger partial charge in [0.1, 0.15) is 6.54 Å². The first kappa shape index (κ1) is 15.0. The van der Waals surface area contributed by atoms with Gasteiger partial charge >= 0.3 is 12.0 Å². The van der Waals surface area contributed by atoms with Crippen molar-refractivity contribution in [3.05, 3.63) is 35.9 Å². The Morgan fingerprint density at radius 2 is 1.84 bits per heavy atom. The standard InChI is InChI=1S/C14H20N2O3/c1-3-16(11-13(17)18)14(19)15(2)10-9-12-7-5-4-6-8-12/h4-8H,3,9-11H2,1-2H3,(H,17,18). The van der Waals surface area contributed by atoms with Gasteiger partial charge in [0.05, 0.1) is 0 Å². The van der Waals surface area contributed by atoms with Gasteiger partial charge in [0, 0.05) is 20.1 Å². The zero-order chi connectivity index (χ0) is 14.3. The van der Waals surface area contributed by atoms with Gasteiger partial charge in [-0.05, 0) is 18.9 Å². The first-order valence-corrected chi connectivity index (χ1v) is 6.30. The largest absolute Gasteiger partial charge is 0.480 e. The molecule has 1 rings (SSSR count). The molecule has 0 spiro atoms. The predicted molar refractivity (Wildman–Crippen MR) is 73.1 cm³/mol. The molecule has 0 atom stereocenters. The maximum Gasteiger partial charge on any atom is 0.323 e. The molecule has 0 saturated carbocycles. The van der Waals surface area contributed by atoms with Crippen molar-refractivity contribution in [2.24, 2.45) is 0 Å². The van der Waals surface area contributed by atoms with Gasteiger partial charge in [-0.1, -0.05) is 30.3 Å². The van der Waals surface area contributed by atoms with E-state index >= 15 is 0 Å². The van der Waals surface area contributed by atoms with Gasteiger partial charge < -0.3 is 14.9 Å². The second-order valence-electron chi connectivity index (χ2n) is 4.35.